The number of nitrogens with one attached hydrogen (secondary N) is 1. The molecule has 1 amide bonds. The summed E-state index contributed by atoms with van der Waals surface area (Å²) in [4.78, 5) is 23.3. The summed E-state index contributed by atoms with van der Waals surface area (Å²) in [7, 11) is 1.55. The lowest BCUT2D eigenvalue weighted by Gasteiger charge is -2.25. The van der Waals surface area contributed by atoms with Crippen molar-refractivity contribution < 1.29 is 32.9 Å². The molecule has 9 heteroatoms. The predicted octanol–water partition coefficient (Wildman–Crippen LogP) is 16.7. The van der Waals surface area contributed by atoms with Gasteiger partial charge in [-0.15, -0.1) is 0 Å². The van der Waals surface area contributed by atoms with Gasteiger partial charge in [-0.1, -0.05) is 234 Å². The van der Waals surface area contributed by atoms with Gasteiger partial charge in [0.2, 0.25) is 5.91 Å². The van der Waals surface area contributed by atoms with Crippen molar-refractivity contribution >= 4 is 13.7 Å². The minimum atomic E-state index is -4.35. The molecule has 0 aromatic heterocycles. The van der Waals surface area contributed by atoms with Gasteiger partial charge in [-0.05, 0) is 70.6 Å². The van der Waals surface area contributed by atoms with Crippen LogP contribution in [0.4, 0.5) is 0 Å². The first-order chi connectivity index (χ1) is 32.5. The molecule has 3 unspecified atom stereocenters. The number of hydrogen-bond donors (Lipinski definition) is 3. The molecule has 0 spiro atoms. The number of phosphoric acid groups is 1. The fourth-order valence-corrected chi connectivity index (χ4v) is 8.55. The molecule has 0 heterocycles. The number of phosphoric ester groups is 1. The first-order valence-electron chi connectivity index (χ1n) is 27.8. The van der Waals surface area contributed by atoms with Gasteiger partial charge in [0.1, 0.15) is 13.2 Å². The van der Waals surface area contributed by atoms with E-state index in [1.54, 1.807) is 6.08 Å². The molecule has 3 atom stereocenters. The number of carbonyl (C=O) groups excluding carboxylic acids is 1. The molecule has 0 fully saturated rings. The van der Waals surface area contributed by atoms with Crippen LogP contribution in [0.25, 0.3) is 0 Å². The van der Waals surface area contributed by atoms with Gasteiger partial charge >= 0.3 is 7.82 Å². The summed E-state index contributed by atoms with van der Waals surface area (Å²) in [6.07, 6.45) is 67.2. The maximum absolute atomic E-state index is 13.0. The molecule has 0 aromatic carbocycles. The Balaban J connectivity index is 4.18. The molecular formula is C58H108N2O6P+. The maximum Gasteiger partial charge on any atom is 0.472 e. The molecular weight excluding hydrogens is 852 g/mol. The Bertz CT molecular complexity index is 1320. The highest BCUT2D eigenvalue weighted by atomic mass is 31.2. The molecule has 0 aromatic rings. The SMILES string of the molecule is CC/C=C\C/C=C\C/C=C\C/C=C\CCCCCCCCCCCCCCCCCCC(=O)NC(COP(=O)(O)OCC[N+](C)(C)C)C(O)/C=C/CC/C=C/CCCCCCCCCCCC. The lowest BCUT2D eigenvalue weighted by Crippen LogP contribution is -2.45. The summed E-state index contributed by atoms with van der Waals surface area (Å²) in [5.74, 6) is -0.188. The third-order valence-corrected chi connectivity index (χ3v) is 13.1. The zero-order valence-corrected chi connectivity index (χ0v) is 45.3. The number of quaternary nitrogens is 1. The summed E-state index contributed by atoms with van der Waals surface area (Å²) >= 11 is 0. The van der Waals surface area contributed by atoms with Gasteiger partial charge < -0.3 is 19.8 Å². The van der Waals surface area contributed by atoms with Gasteiger partial charge in [0.25, 0.3) is 0 Å². The number of rotatable bonds is 50. The summed E-state index contributed by atoms with van der Waals surface area (Å²) < 4.78 is 23.7. The minimum absolute atomic E-state index is 0.0546. The number of aliphatic hydroxyl groups excluding tert-OH is 1. The topological polar surface area (TPSA) is 105 Å². The second-order valence-corrected chi connectivity index (χ2v) is 21.4. The summed E-state index contributed by atoms with van der Waals surface area (Å²) in [6.45, 7) is 4.69. The average molecular weight is 960 g/mol. The van der Waals surface area contributed by atoms with Crippen LogP contribution in [0.1, 0.15) is 239 Å². The van der Waals surface area contributed by atoms with Crippen LogP contribution in [0, 0.1) is 0 Å². The van der Waals surface area contributed by atoms with E-state index in [2.05, 4.69) is 79.9 Å². The van der Waals surface area contributed by atoms with Gasteiger partial charge in [-0.3, -0.25) is 13.8 Å². The average Bonchev–Trinajstić information content (AvgIpc) is 3.29. The predicted molar refractivity (Wildman–Crippen MR) is 290 cm³/mol. The quantitative estimate of drug-likeness (QED) is 0.0243. The highest BCUT2D eigenvalue weighted by Crippen LogP contribution is 2.43. The molecule has 0 bridgehead atoms. The zero-order valence-electron chi connectivity index (χ0n) is 44.4. The van der Waals surface area contributed by atoms with Crippen molar-refractivity contribution in [2.75, 3.05) is 40.9 Å². The Hall–Kier alpha value is -2.06. The monoisotopic (exact) mass is 960 g/mol. The minimum Gasteiger partial charge on any atom is -0.387 e. The standard InChI is InChI=1S/C58H107N2O6P/c1-6-8-10-12-14-16-18-20-22-24-25-26-27-28-29-30-31-32-33-34-35-36-38-40-42-44-46-48-50-52-58(62)59-56(55-66-67(63,64)65-54-53-60(3,4)5)57(61)51-49-47-45-43-41-39-37-23-21-19-17-15-13-11-9-7-2/h8,10,14,16,20,22,25-26,41,43,49,51,56-57,61H,6-7,9,11-13,15,17-19,21,23-24,27-40,42,44-48,50,52-55H2,1-5H3,(H-,59,62,63,64)/p+1/b10-8-,16-14-,22-20-,26-25-,43-41+,51-49+. The van der Waals surface area contributed by atoms with Crippen LogP contribution in [0.15, 0.2) is 72.9 Å². The van der Waals surface area contributed by atoms with E-state index in [0.29, 0.717) is 17.4 Å². The first-order valence-corrected chi connectivity index (χ1v) is 29.3. The van der Waals surface area contributed by atoms with Gasteiger partial charge in [0, 0.05) is 6.42 Å². The highest BCUT2D eigenvalue weighted by Gasteiger charge is 2.27. The number of unbranched alkanes of at least 4 members (excludes halogenated alkanes) is 27. The molecule has 0 aliphatic rings. The number of carbonyl (C=O) groups is 1. The van der Waals surface area contributed by atoms with Crippen LogP contribution in [-0.2, 0) is 18.4 Å². The van der Waals surface area contributed by atoms with Crippen molar-refractivity contribution in [3.05, 3.63) is 72.9 Å². The fraction of sp³-hybridized carbons (Fsp3) is 0.776. The second-order valence-electron chi connectivity index (χ2n) is 19.9. The number of aliphatic hydroxyl groups is 1. The van der Waals surface area contributed by atoms with Crippen molar-refractivity contribution in [3.63, 3.8) is 0 Å². The van der Waals surface area contributed by atoms with Gasteiger partial charge in [0.15, 0.2) is 0 Å². The summed E-state index contributed by atoms with van der Waals surface area (Å²) in [5, 5.41) is 13.9. The van der Waals surface area contributed by atoms with Crippen LogP contribution < -0.4 is 5.32 Å². The van der Waals surface area contributed by atoms with Crippen molar-refractivity contribution in [2.24, 2.45) is 0 Å². The van der Waals surface area contributed by atoms with Crippen LogP contribution in [0.5, 0.6) is 0 Å². The summed E-state index contributed by atoms with van der Waals surface area (Å²) in [6, 6.07) is -0.865. The Labute approximate surface area is 414 Å². The van der Waals surface area contributed by atoms with Crippen molar-refractivity contribution in [1.82, 2.24) is 5.32 Å². The van der Waals surface area contributed by atoms with Gasteiger partial charge in [0.05, 0.1) is 39.9 Å². The van der Waals surface area contributed by atoms with Crippen LogP contribution >= 0.6 is 7.82 Å². The Kier molecular flexibility index (Phi) is 47.4. The first kappa shape index (κ1) is 64.9. The Morgan fingerprint density at radius 1 is 0.522 bits per heavy atom. The van der Waals surface area contributed by atoms with Crippen molar-refractivity contribution in [3.8, 4) is 0 Å². The summed E-state index contributed by atoms with van der Waals surface area (Å²) in [5.41, 5.74) is 0. The molecule has 0 saturated heterocycles. The van der Waals surface area contributed by atoms with Gasteiger partial charge in [-0.25, -0.2) is 4.57 Å². The second kappa shape index (κ2) is 48.9. The van der Waals surface area contributed by atoms with Crippen LogP contribution in [0.2, 0.25) is 0 Å². The fourth-order valence-electron chi connectivity index (χ4n) is 7.81. The lowest BCUT2D eigenvalue weighted by atomic mass is 10.0. The Morgan fingerprint density at radius 2 is 0.910 bits per heavy atom. The van der Waals surface area contributed by atoms with E-state index in [-0.39, 0.29) is 19.1 Å². The van der Waals surface area contributed by atoms with Gasteiger partial charge in [-0.2, -0.15) is 0 Å². The molecule has 67 heavy (non-hydrogen) atoms. The highest BCUT2D eigenvalue weighted by molar-refractivity contribution is 7.47. The van der Waals surface area contributed by atoms with E-state index in [1.165, 1.54) is 154 Å². The number of likely N-dealkylation sites (N-methyl/N-ethyl adjacent to an activating group) is 1. The van der Waals surface area contributed by atoms with Crippen molar-refractivity contribution in [1.29, 1.82) is 0 Å². The van der Waals surface area contributed by atoms with Crippen LogP contribution in [0.3, 0.4) is 0 Å². The van der Waals surface area contributed by atoms with E-state index in [1.807, 2.05) is 27.2 Å². The number of hydrogen-bond acceptors (Lipinski definition) is 5. The van der Waals surface area contributed by atoms with E-state index < -0.39 is 20.0 Å². The largest absolute Gasteiger partial charge is 0.472 e. The molecule has 0 saturated carbocycles. The third-order valence-electron chi connectivity index (χ3n) is 12.2. The van der Waals surface area contributed by atoms with Crippen molar-refractivity contribution in [2.45, 2.75) is 251 Å². The smallest absolute Gasteiger partial charge is 0.387 e. The normalized spacial score (nSPS) is 14.6. The molecule has 0 aliphatic carbocycles. The maximum atomic E-state index is 13.0. The van der Waals surface area contributed by atoms with E-state index in [4.69, 9.17) is 9.05 Å². The molecule has 3 N–H and O–H groups in total. The molecule has 0 radical (unpaired) electrons. The van der Waals surface area contributed by atoms with E-state index in [0.717, 1.165) is 64.2 Å². The molecule has 390 valence electrons. The van der Waals surface area contributed by atoms with Crippen LogP contribution in [-0.4, -0.2) is 73.4 Å². The molecule has 8 nitrogen and oxygen atoms in total. The van der Waals surface area contributed by atoms with E-state index in [9.17, 15) is 19.4 Å². The third kappa shape index (κ3) is 51.6. The Morgan fingerprint density at radius 3 is 1.37 bits per heavy atom. The number of nitrogens with zero attached hydrogens (tertiary/aromatic N) is 1. The lowest BCUT2D eigenvalue weighted by molar-refractivity contribution is -0.870. The molecule has 0 aliphatic heterocycles. The number of allylic oxidation sites excluding steroid dienone is 11. The zero-order chi connectivity index (χ0) is 49.2. The number of amides is 1. The molecule has 0 rings (SSSR count). The van der Waals surface area contributed by atoms with E-state index >= 15 is 0 Å².